The van der Waals surface area contributed by atoms with Crippen molar-refractivity contribution in [3.05, 3.63) is 48.2 Å². The Balaban J connectivity index is 0. The number of aliphatic imine (C=N–C) groups is 1. The van der Waals surface area contributed by atoms with E-state index in [9.17, 15) is 0 Å². The Bertz CT molecular complexity index is 294. The molecule has 0 aliphatic rings. The van der Waals surface area contributed by atoms with Crippen molar-refractivity contribution in [2.45, 2.75) is 34.1 Å². The zero-order valence-corrected chi connectivity index (χ0v) is 11.0. The Hall–Kier alpha value is -1.57. The van der Waals surface area contributed by atoms with Gasteiger partial charge in [0.1, 0.15) is 0 Å². The van der Waals surface area contributed by atoms with Crippen LogP contribution in [0.1, 0.15) is 34.1 Å². The van der Waals surface area contributed by atoms with E-state index in [2.05, 4.69) is 18.2 Å². The van der Waals surface area contributed by atoms with Crippen molar-refractivity contribution in [2.75, 3.05) is 0 Å². The Morgan fingerprint density at radius 3 is 2.25 bits per heavy atom. The Labute approximate surface area is 100.0 Å². The van der Waals surface area contributed by atoms with Crippen molar-refractivity contribution in [1.82, 2.24) is 0 Å². The van der Waals surface area contributed by atoms with E-state index in [4.69, 9.17) is 5.73 Å². The molecule has 2 nitrogen and oxygen atoms in total. The Morgan fingerprint density at radius 1 is 1.38 bits per heavy atom. The van der Waals surface area contributed by atoms with E-state index in [1.54, 1.807) is 6.08 Å². The first kappa shape index (κ1) is 16.8. The number of hydrogen-bond acceptors (Lipinski definition) is 1. The number of hydrogen-bond donors (Lipinski definition) is 1. The quantitative estimate of drug-likeness (QED) is 0.425. The van der Waals surface area contributed by atoms with Crippen LogP contribution in [0.25, 0.3) is 0 Å². The van der Waals surface area contributed by atoms with E-state index in [1.807, 2.05) is 39.8 Å². The van der Waals surface area contributed by atoms with E-state index < -0.39 is 0 Å². The first-order valence-corrected chi connectivity index (χ1v) is 5.60. The first-order chi connectivity index (χ1) is 7.65. The summed E-state index contributed by atoms with van der Waals surface area (Å²) in [5.41, 5.74) is 8.02. The minimum Gasteiger partial charge on any atom is -0.390 e. The van der Waals surface area contributed by atoms with Crippen LogP contribution in [0, 0.1) is 0 Å². The van der Waals surface area contributed by atoms with E-state index >= 15 is 0 Å². The minimum absolute atomic E-state index is 0.841. The molecule has 0 spiro atoms. The van der Waals surface area contributed by atoms with Crippen LogP contribution in [0.4, 0.5) is 0 Å². The molecule has 0 aromatic carbocycles. The highest BCUT2D eigenvalue weighted by molar-refractivity contribution is 5.57. The van der Waals surface area contributed by atoms with Gasteiger partial charge < -0.3 is 5.73 Å². The summed E-state index contributed by atoms with van der Waals surface area (Å²) in [6.07, 6.45) is 7.88. The van der Waals surface area contributed by atoms with E-state index in [-0.39, 0.29) is 0 Å². The van der Waals surface area contributed by atoms with Crippen LogP contribution in [0.5, 0.6) is 0 Å². The zero-order valence-electron chi connectivity index (χ0n) is 11.0. The SMILES string of the molecule is C=CC(=C/C(=C)C)/C(=C\CC)N=CN.CC. The summed E-state index contributed by atoms with van der Waals surface area (Å²) in [4.78, 5) is 4.07. The predicted molar refractivity (Wildman–Crippen MR) is 75.5 cm³/mol. The van der Waals surface area contributed by atoms with Gasteiger partial charge in [-0.25, -0.2) is 4.99 Å². The van der Waals surface area contributed by atoms with Crippen molar-refractivity contribution in [3.63, 3.8) is 0 Å². The number of nitrogens with two attached hydrogens (primary N) is 1. The standard InChI is InChI=1S/C12H18N2.C2H6/c1-5-7-12(14-9-13)11(6-2)8-10(3)4;1-2/h6-9H,2-3,5H2,1,4H3,(H2,13,14);1-2H3/b11-8-,12-7+;. The molecule has 0 fully saturated rings. The van der Waals surface area contributed by atoms with Gasteiger partial charge in [0.25, 0.3) is 0 Å². The van der Waals surface area contributed by atoms with Crippen LogP contribution in [0.2, 0.25) is 0 Å². The highest BCUT2D eigenvalue weighted by Crippen LogP contribution is 2.15. The molecular weight excluding hydrogens is 196 g/mol. The van der Waals surface area contributed by atoms with E-state index in [1.165, 1.54) is 6.34 Å². The summed E-state index contributed by atoms with van der Waals surface area (Å²) >= 11 is 0. The van der Waals surface area contributed by atoms with E-state index in [0.717, 1.165) is 23.3 Å². The molecule has 0 bridgehead atoms. The molecule has 16 heavy (non-hydrogen) atoms. The predicted octanol–water partition coefficient (Wildman–Crippen LogP) is 3.98. The molecule has 0 aliphatic heterocycles. The largest absolute Gasteiger partial charge is 0.390 e. The second-order valence-corrected chi connectivity index (χ2v) is 2.93. The molecule has 2 N–H and O–H groups in total. The second-order valence-electron chi connectivity index (χ2n) is 2.93. The summed E-state index contributed by atoms with van der Waals surface area (Å²) in [6, 6.07) is 0. The molecule has 0 atom stereocenters. The van der Waals surface area contributed by atoms with Crippen LogP contribution in [0.15, 0.2) is 53.2 Å². The summed E-state index contributed by atoms with van der Waals surface area (Å²) in [6.45, 7) is 15.5. The lowest BCUT2D eigenvalue weighted by molar-refractivity contribution is 1.17. The molecule has 0 aromatic rings. The average molecular weight is 220 g/mol. The smallest absolute Gasteiger partial charge is 0.0860 e. The van der Waals surface area contributed by atoms with Crippen LogP contribution in [-0.4, -0.2) is 6.34 Å². The van der Waals surface area contributed by atoms with Crippen LogP contribution < -0.4 is 5.73 Å². The fraction of sp³-hybridized carbons (Fsp3) is 0.357. The van der Waals surface area contributed by atoms with Gasteiger partial charge in [0, 0.05) is 0 Å². The van der Waals surface area contributed by atoms with Crippen molar-refractivity contribution in [1.29, 1.82) is 0 Å². The molecule has 0 saturated carbocycles. The maximum Gasteiger partial charge on any atom is 0.0860 e. The maximum atomic E-state index is 5.27. The summed E-state index contributed by atoms with van der Waals surface area (Å²) in [5, 5.41) is 0. The third-order valence-corrected chi connectivity index (χ3v) is 1.53. The second kappa shape index (κ2) is 11.5. The summed E-state index contributed by atoms with van der Waals surface area (Å²) in [5.74, 6) is 0. The lowest BCUT2D eigenvalue weighted by Gasteiger charge is -2.02. The van der Waals surface area contributed by atoms with Gasteiger partial charge in [-0.05, 0) is 18.9 Å². The zero-order chi connectivity index (χ0) is 13.0. The molecule has 0 rings (SSSR count). The maximum absolute atomic E-state index is 5.27. The van der Waals surface area contributed by atoms with E-state index in [0.29, 0.717) is 0 Å². The highest BCUT2D eigenvalue weighted by atomic mass is 14.8. The molecule has 0 saturated heterocycles. The van der Waals surface area contributed by atoms with Gasteiger partial charge in [-0.3, -0.25) is 0 Å². The number of nitrogens with zero attached hydrogens (tertiary/aromatic N) is 1. The molecule has 0 amide bonds. The molecule has 2 heteroatoms. The Kier molecular flexibility index (Phi) is 12.1. The van der Waals surface area contributed by atoms with Gasteiger partial charge in [0.2, 0.25) is 0 Å². The van der Waals surface area contributed by atoms with Gasteiger partial charge in [-0.2, -0.15) is 0 Å². The molecular formula is C14H24N2. The van der Waals surface area contributed by atoms with Crippen molar-refractivity contribution < 1.29 is 0 Å². The van der Waals surface area contributed by atoms with Gasteiger partial charge >= 0.3 is 0 Å². The molecule has 0 unspecified atom stereocenters. The molecule has 90 valence electrons. The fourth-order valence-electron chi connectivity index (χ4n) is 1.02. The number of rotatable bonds is 5. The van der Waals surface area contributed by atoms with Gasteiger partial charge in [-0.15, -0.1) is 0 Å². The van der Waals surface area contributed by atoms with Gasteiger partial charge in [0.05, 0.1) is 12.0 Å². The van der Waals surface area contributed by atoms with Crippen LogP contribution >= 0.6 is 0 Å². The van der Waals surface area contributed by atoms with Crippen LogP contribution in [0.3, 0.4) is 0 Å². The fourth-order valence-corrected chi connectivity index (χ4v) is 1.02. The molecule has 0 aromatic heterocycles. The molecule has 0 aliphatic carbocycles. The lowest BCUT2D eigenvalue weighted by Crippen LogP contribution is -1.92. The first-order valence-electron chi connectivity index (χ1n) is 5.60. The van der Waals surface area contributed by atoms with Crippen molar-refractivity contribution >= 4 is 6.34 Å². The minimum atomic E-state index is 0.841. The highest BCUT2D eigenvalue weighted by Gasteiger charge is 1.97. The third-order valence-electron chi connectivity index (χ3n) is 1.53. The van der Waals surface area contributed by atoms with Crippen LogP contribution in [-0.2, 0) is 0 Å². The lowest BCUT2D eigenvalue weighted by atomic mass is 10.1. The number of allylic oxidation sites excluding steroid dienone is 4. The third kappa shape index (κ3) is 7.80. The van der Waals surface area contributed by atoms with Crippen molar-refractivity contribution in [3.8, 4) is 0 Å². The summed E-state index contributed by atoms with van der Waals surface area (Å²) in [7, 11) is 0. The van der Waals surface area contributed by atoms with Gasteiger partial charge in [-0.1, -0.05) is 57.7 Å². The molecule has 0 heterocycles. The molecule has 0 radical (unpaired) electrons. The average Bonchev–Trinajstić information content (AvgIpc) is 2.28. The monoisotopic (exact) mass is 220 g/mol. The summed E-state index contributed by atoms with van der Waals surface area (Å²) < 4.78 is 0. The Morgan fingerprint density at radius 2 is 1.94 bits per heavy atom. The normalized spacial score (nSPS) is 12.0. The topological polar surface area (TPSA) is 38.4 Å². The van der Waals surface area contributed by atoms with Gasteiger partial charge in [0.15, 0.2) is 0 Å². The van der Waals surface area contributed by atoms with Crippen molar-refractivity contribution in [2.24, 2.45) is 10.7 Å².